The fourth-order valence-corrected chi connectivity index (χ4v) is 2.64. The summed E-state index contributed by atoms with van der Waals surface area (Å²) in [6, 6.07) is 5.33. The van der Waals surface area contributed by atoms with E-state index in [1.807, 2.05) is 13.1 Å². The summed E-state index contributed by atoms with van der Waals surface area (Å²) in [6.07, 6.45) is 3.40. The molecule has 0 aromatic heterocycles. The van der Waals surface area contributed by atoms with Crippen molar-refractivity contribution in [3.8, 4) is 0 Å². The van der Waals surface area contributed by atoms with Gasteiger partial charge in [-0.25, -0.2) is 4.39 Å². The van der Waals surface area contributed by atoms with Crippen LogP contribution >= 0.6 is 15.9 Å². The third-order valence-corrected chi connectivity index (χ3v) is 3.82. The molecule has 1 aromatic carbocycles. The van der Waals surface area contributed by atoms with Crippen LogP contribution in [0.3, 0.4) is 0 Å². The van der Waals surface area contributed by atoms with E-state index in [1.165, 1.54) is 18.9 Å². The molecule has 0 aliphatic carbocycles. The number of hydrogen-bond donors (Lipinski definition) is 1. The maximum atomic E-state index is 13.4. The first kappa shape index (κ1) is 14.7. The van der Waals surface area contributed by atoms with Crippen LogP contribution in [-0.4, -0.2) is 7.05 Å². The van der Waals surface area contributed by atoms with Crippen LogP contribution in [-0.2, 0) is 0 Å². The van der Waals surface area contributed by atoms with Crippen LogP contribution in [0.4, 0.5) is 4.39 Å². The van der Waals surface area contributed by atoms with Gasteiger partial charge in [-0.3, -0.25) is 0 Å². The summed E-state index contributed by atoms with van der Waals surface area (Å²) in [7, 11) is 1.94. The molecule has 1 atom stereocenters. The van der Waals surface area contributed by atoms with Crippen molar-refractivity contribution < 1.29 is 4.39 Å². The first-order valence-electron chi connectivity index (χ1n) is 6.23. The quantitative estimate of drug-likeness (QED) is 0.805. The second-order valence-electron chi connectivity index (χ2n) is 4.46. The lowest BCUT2D eigenvalue weighted by atomic mass is 9.91. The zero-order valence-electron chi connectivity index (χ0n) is 10.8. The minimum Gasteiger partial charge on any atom is -0.313 e. The predicted octanol–water partition coefficient (Wildman–Crippen LogP) is 4.68. The molecule has 17 heavy (non-hydrogen) atoms. The molecule has 1 nitrogen and oxygen atoms in total. The summed E-state index contributed by atoms with van der Waals surface area (Å²) < 4.78 is 14.2. The van der Waals surface area contributed by atoms with E-state index in [0.29, 0.717) is 5.92 Å². The van der Waals surface area contributed by atoms with Crippen LogP contribution in [0.25, 0.3) is 0 Å². The molecule has 0 heterocycles. The molecule has 0 saturated heterocycles. The maximum absolute atomic E-state index is 13.4. The summed E-state index contributed by atoms with van der Waals surface area (Å²) in [4.78, 5) is 0. The van der Waals surface area contributed by atoms with Crippen molar-refractivity contribution >= 4 is 15.9 Å². The van der Waals surface area contributed by atoms with Crippen LogP contribution in [0.15, 0.2) is 22.7 Å². The Labute approximate surface area is 112 Å². The highest BCUT2D eigenvalue weighted by molar-refractivity contribution is 9.10. The molecule has 1 rings (SSSR count). The highest BCUT2D eigenvalue weighted by atomic mass is 79.9. The van der Waals surface area contributed by atoms with E-state index in [9.17, 15) is 4.39 Å². The van der Waals surface area contributed by atoms with Gasteiger partial charge in [-0.05, 0) is 43.1 Å². The van der Waals surface area contributed by atoms with Gasteiger partial charge in [-0.15, -0.1) is 0 Å². The van der Waals surface area contributed by atoms with Gasteiger partial charge in [-0.1, -0.05) is 42.6 Å². The highest BCUT2D eigenvalue weighted by Gasteiger charge is 2.15. The number of benzene rings is 1. The van der Waals surface area contributed by atoms with Gasteiger partial charge in [0.15, 0.2) is 0 Å². The van der Waals surface area contributed by atoms with Gasteiger partial charge in [0.25, 0.3) is 0 Å². The largest absolute Gasteiger partial charge is 0.313 e. The Hall–Kier alpha value is -0.410. The molecule has 0 aliphatic heterocycles. The topological polar surface area (TPSA) is 12.0 Å². The molecular formula is C14H21BrFN. The van der Waals surface area contributed by atoms with Gasteiger partial charge in [0.2, 0.25) is 0 Å². The van der Waals surface area contributed by atoms with Crippen molar-refractivity contribution in [2.45, 2.75) is 39.2 Å². The molecule has 96 valence electrons. The second-order valence-corrected chi connectivity index (χ2v) is 5.38. The van der Waals surface area contributed by atoms with Crippen LogP contribution < -0.4 is 5.32 Å². The van der Waals surface area contributed by atoms with Crippen molar-refractivity contribution in [2.75, 3.05) is 7.05 Å². The molecule has 3 heteroatoms. The average molecular weight is 302 g/mol. The Morgan fingerprint density at radius 1 is 1.24 bits per heavy atom. The van der Waals surface area contributed by atoms with Crippen molar-refractivity contribution in [1.29, 1.82) is 0 Å². The van der Waals surface area contributed by atoms with Gasteiger partial charge < -0.3 is 5.32 Å². The van der Waals surface area contributed by atoms with E-state index >= 15 is 0 Å². The van der Waals surface area contributed by atoms with Crippen LogP contribution in [0, 0.1) is 11.7 Å². The lowest BCUT2D eigenvalue weighted by Crippen LogP contribution is -2.19. The van der Waals surface area contributed by atoms with Crippen LogP contribution in [0.5, 0.6) is 0 Å². The lowest BCUT2D eigenvalue weighted by molar-refractivity contribution is 0.384. The van der Waals surface area contributed by atoms with Crippen molar-refractivity contribution in [1.82, 2.24) is 5.32 Å². The molecule has 1 N–H and O–H groups in total. The molecule has 0 bridgehead atoms. The Balaban J connectivity index is 2.85. The minimum atomic E-state index is -0.181. The van der Waals surface area contributed by atoms with Crippen LogP contribution in [0.2, 0.25) is 0 Å². The van der Waals surface area contributed by atoms with Crippen molar-refractivity contribution in [3.63, 3.8) is 0 Å². The van der Waals surface area contributed by atoms with Crippen LogP contribution in [0.1, 0.15) is 44.7 Å². The summed E-state index contributed by atoms with van der Waals surface area (Å²) in [5, 5.41) is 3.28. The zero-order chi connectivity index (χ0) is 12.8. The molecule has 1 unspecified atom stereocenters. The summed E-state index contributed by atoms with van der Waals surface area (Å²) >= 11 is 3.34. The standard InChI is InChI=1S/C14H21BrFN/c1-4-10(5-2)6-14(17-3)11-7-12(15)9-13(16)8-11/h7-10,14,17H,4-6H2,1-3H3. The van der Waals surface area contributed by atoms with Crippen molar-refractivity contribution in [2.24, 2.45) is 5.92 Å². The van der Waals surface area contributed by atoms with Gasteiger partial charge in [-0.2, -0.15) is 0 Å². The fraction of sp³-hybridized carbons (Fsp3) is 0.571. The summed E-state index contributed by atoms with van der Waals surface area (Å²) in [6.45, 7) is 4.42. The van der Waals surface area contributed by atoms with E-state index in [0.717, 1.165) is 16.5 Å². The number of nitrogens with one attached hydrogen (secondary N) is 1. The van der Waals surface area contributed by atoms with Gasteiger partial charge in [0, 0.05) is 10.5 Å². The third-order valence-electron chi connectivity index (χ3n) is 3.36. The van der Waals surface area contributed by atoms with E-state index in [2.05, 4.69) is 35.1 Å². The lowest BCUT2D eigenvalue weighted by Gasteiger charge is -2.22. The number of rotatable bonds is 6. The molecule has 0 aliphatic rings. The normalized spacial score (nSPS) is 13.1. The second kappa shape index (κ2) is 7.12. The minimum absolute atomic E-state index is 0.181. The zero-order valence-corrected chi connectivity index (χ0v) is 12.3. The van der Waals surface area contributed by atoms with Crippen molar-refractivity contribution in [3.05, 3.63) is 34.1 Å². The molecular weight excluding hydrogens is 281 g/mol. The number of halogens is 2. The fourth-order valence-electron chi connectivity index (χ4n) is 2.15. The first-order valence-corrected chi connectivity index (χ1v) is 7.03. The van der Waals surface area contributed by atoms with E-state index in [4.69, 9.17) is 0 Å². The van der Waals surface area contributed by atoms with E-state index in [1.54, 1.807) is 6.07 Å². The first-order chi connectivity index (χ1) is 8.10. The maximum Gasteiger partial charge on any atom is 0.124 e. The molecule has 0 fully saturated rings. The monoisotopic (exact) mass is 301 g/mol. The predicted molar refractivity (Wildman–Crippen MR) is 74.6 cm³/mol. The highest BCUT2D eigenvalue weighted by Crippen LogP contribution is 2.27. The SMILES string of the molecule is CCC(CC)CC(NC)c1cc(F)cc(Br)c1. The Morgan fingerprint density at radius 3 is 2.35 bits per heavy atom. The van der Waals surface area contributed by atoms with Gasteiger partial charge >= 0.3 is 0 Å². The Bertz CT molecular complexity index is 330. The smallest absolute Gasteiger partial charge is 0.124 e. The molecule has 0 saturated carbocycles. The molecule has 1 aromatic rings. The third kappa shape index (κ3) is 4.40. The summed E-state index contributed by atoms with van der Waals surface area (Å²) in [5.74, 6) is 0.508. The molecule has 0 amide bonds. The van der Waals surface area contributed by atoms with E-state index in [-0.39, 0.29) is 11.9 Å². The Morgan fingerprint density at radius 2 is 1.88 bits per heavy atom. The average Bonchev–Trinajstić information content (AvgIpc) is 2.29. The number of hydrogen-bond acceptors (Lipinski definition) is 1. The molecule has 0 spiro atoms. The summed E-state index contributed by atoms with van der Waals surface area (Å²) in [5.41, 5.74) is 1.02. The van der Waals surface area contributed by atoms with E-state index < -0.39 is 0 Å². The van der Waals surface area contributed by atoms with Gasteiger partial charge in [0.05, 0.1) is 0 Å². The Kier molecular flexibility index (Phi) is 6.14. The molecule has 0 radical (unpaired) electrons. The van der Waals surface area contributed by atoms with Gasteiger partial charge in [0.1, 0.15) is 5.82 Å².